The van der Waals surface area contributed by atoms with Gasteiger partial charge in [-0.1, -0.05) is 11.8 Å². The molecule has 4 heterocycles. The van der Waals surface area contributed by atoms with Crippen LogP contribution in [0.15, 0.2) is 33.0 Å². The van der Waals surface area contributed by atoms with E-state index in [1.807, 2.05) is 37.8 Å². The molecule has 2 fully saturated rings. The number of benzene rings is 1. The van der Waals surface area contributed by atoms with Gasteiger partial charge in [-0.25, -0.2) is 15.0 Å². The Morgan fingerprint density at radius 1 is 1.10 bits per heavy atom. The zero-order chi connectivity index (χ0) is 29.6. The van der Waals surface area contributed by atoms with Gasteiger partial charge in [-0.3, -0.25) is 9.59 Å². The third kappa shape index (κ3) is 5.90. The Bertz CT molecular complexity index is 1520. The van der Waals surface area contributed by atoms with Gasteiger partial charge in [-0.15, -0.1) is 0 Å². The van der Waals surface area contributed by atoms with Gasteiger partial charge in [0.2, 0.25) is 12.7 Å². The average molecular weight is 660 g/mol. The van der Waals surface area contributed by atoms with Crippen LogP contribution in [-0.4, -0.2) is 61.8 Å². The summed E-state index contributed by atoms with van der Waals surface area (Å²) < 4.78 is 19.6. The fraction of sp³-hybridized carbons (Fsp3) is 0.552. The first-order valence-corrected chi connectivity index (χ1v) is 15.9. The van der Waals surface area contributed by atoms with Crippen LogP contribution in [0.1, 0.15) is 52.9 Å². The van der Waals surface area contributed by atoms with Crippen LogP contribution in [0, 0.1) is 17.8 Å². The lowest BCUT2D eigenvalue weighted by Gasteiger charge is -2.40. The molecule has 1 aromatic carbocycles. The fourth-order valence-electron chi connectivity index (χ4n) is 5.73. The smallest absolute Gasteiger partial charge is 0.310 e. The topological polar surface area (TPSA) is 135 Å². The molecule has 0 bridgehead atoms. The summed E-state index contributed by atoms with van der Waals surface area (Å²) in [6, 6.07) is 3.85. The second kappa shape index (κ2) is 11.6. The molecule has 224 valence electrons. The Hall–Kier alpha value is -3.06. The molecule has 2 N–H and O–H groups in total. The molecule has 0 radical (unpaired) electrons. The highest BCUT2D eigenvalue weighted by Gasteiger charge is 2.45. The third-order valence-electron chi connectivity index (χ3n) is 8.14. The Morgan fingerprint density at radius 3 is 2.50 bits per heavy atom. The number of halogens is 1. The molecule has 1 aliphatic carbocycles. The first-order valence-electron chi connectivity index (χ1n) is 14.3. The van der Waals surface area contributed by atoms with E-state index >= 15 is 0 Å². The molecule has 42 heavy (non-hydrogen) atoms. The van der Waals surface area contributed by atoms with E-state index in [1.165, 1.54) is 18.1 Å². The molecule has 13 heteroatoms. The molecule has 2 aromatic heterocycles. The number of hydrogen-bond donors (Lipinski definition) is 1. The quantitative estimate of drug-likeness (QED) is 0.344. The van der Waals surface area contributed by atoms with Gasteiger partial charge in [-0.05, 0) is 86.9 Å². The number of esters is 1. The minimum absolute atomic E-state index is 0.0938. The summed E-state index contributed by atoms with van der Waals surface area (Å²) in [7, 11) is 0. The van der Waals surface area contributed by atoms with Crippen molar-refractivity contribution in [3.05, 3.63) is 22.9 Å². The van der Waals surface area contributed by atoms with E-state index in [0.29, 0.717) is 54.0 Å². The summed E-state index contributed by atoms with van der Waals surface area (Å²) in [5, 5.41) is 0.766. The van der Waals surface area contributed by atoms with Gasteiger partial charge in [0.15, 0.2) is 33.6 Å². The number of aromatic nitrogens is 4. The normalized spacial score (nSPS) is 20.5. The number of carbonyl (C=O) groups is 2. The van der Waals surface area contributed by atoms with Crippen molar-refractivity contribution in [2.24, 2.45) is 17.8 Å². The van der Waals surface area contributed by atoms with Crippen molar-refractivity contribution < 1.29 is 23.8 Å². The number of aryl methyl sites for hydroxylation is 1. The van der Waals surface area contributed by atoms with E-state index in [4.69, 9.17) is 24.9 Å². The number of hydrogen-bond acceptors (Lipinski definition) is 10. The summed E-state index contributed by atoms with van der Waals surface area (Å²) >= 11 is 5.15. The summed E-state index contributed by atoms with van der Waals surface area (Å²) in [5.41, 5.74) is 6.91. The maximum atomic E-state index is 13.3. The van der Waals surface area contributed by atoms with Gasteiger partial charge in [0, 0.05) is 29.0 Å². The highest BCUT2D eigenvalue weighted by Crippen LogP contribution is 2.43. The standard InChI is InChI=1S/C29H35BrN6O5S/c1-29(2,3)41-27(38)18-5-4-17(18)26(37)35-9-6-16(7-10-35)8-11-36-25-23(24(31)32-14-33-25)34-28(36)42-22-13-21-20(12-19(22)30)39-15-40-21/h12-14,16-18H,4-11,15H2,1-3H3,(H2,31,32,33). The zero-order valence-electron chi connectivity index (χ0n) is 24.0. The average Bonchev–Trinajstić information content (AvgIpc) is 3.50. The summed E-state index contributed by atoms with van der Waals surface area (Å²) in [4.78, 5) is 42.2. The molecular weight excluding hydrogens is 624 g/mol. The number of fused-ring (bicyclic) bond motifs is 2. The van der Waals surface area contributed by atoms with Crippen molar-refractivity contribution in [3.63, 3.8) is 0 Å². The lowest BCUT2D eigenvalue weighted by Crippen LogP contribution is -2.49. The van der Waals surface area contributed by atoms with Crippen molar-refractivity contribution in [3.8, 4) is 11.5 Å². The molecule has 2 unspecified atom stereocenters. The molecule has 6 rings (SSSR count). The Morgan fingerprint density at radius 2 is 1.81 bits per heavy atom. The van der Waals surface area contributed by atoms with Gasteiger partial charge >= 0.3 is 5.97 Å². The van der Waals surface area contributed by atoms with Crippen LogP contribution >= 0.6 is 27.7 Å². The predicted molar refractivity (Wildman–Crippen MR) is 160 cm³/mol. The Balaban J connectivity index is 1.10. The maximum absolute atomic E-state index is 13.3. The second-order valence-corrected chi connectivity index (χ2v) is 14.0. The number of nitrogens with zero attached hydrogens (tertiary/aromatic N) is 5. The molecule has 2 atom stereocenters. The summed E-state index contributed by atoms with van der Waals surface area (Å²) in [5.74, 6) is 1.46. The van der Waals surface area contributed by atoms with Crippen molar-refractivity contribution in [2.45, 2.75) is 75.1 Å². The first-order chi connectivity index (χ1) is 20.1. The number of amides is 1. The minimum Gasteiger partial charge on any atom is -0.460 e. The van der Waals surface area contributed by atoms with E-state index in [9.17, 15) is 9.59 Å². The fourth-order valence-corrected chi connectivity index (χ4v) is 7.24. The molecule has 1 saturated heterocycles. The van der Waals surface area contributed by atoms with E-state index in [1.54, 1.807) is 0 Å². The molecule has 1 amide bonds. The van der Waals surface area contributed by atoms with Crippen LogP contribution < -0.4 is 15.2 Å². The number of anilines is 1. The van der Waals surface area contributed by atoms with Crippen LogP contribution in [-0.2, 0) is 20.9 Å². The molecule has 0 spiro atoms. The predicted octanol–water partition coefficient (Wildman–Crippen LogP) is 5.05. The Labute approximate surface area is 257 Å². The number of likely N-dealkylation sites (tertiary alicyclic amines) is 1. The van der Waals surface area contributed by atoms with Gasteiger partial charge in [0.1, 0.15) is 11.9 Å². The SMILES string of the molecule is CC(C)(C)OC(=O)C1CCC1C(=O)N1CCC(CCn2c(Sc3cc4c(cc3Br)OCO4)nc3c(N)ncnc32)CC1. The van der Waals surface area contributed by atoms with Crippen LogP contribution in [0.4, 0.5) is 5.82 Å². The van der Waals surface area contributed by atoms with Crippen molar-refractivity contribution in [1.82, 2.24) is 24.4 Å². The largest absolute Gasteiger partial charge is 0.460 e. The van der Waals surface area contributed by atoms with Gasteiger partial charge in [-0.2, -0.15) is 0 Å². The molecule has 3 aromatic rings. The number of nitrogens with two attached hydrogens (primary N) is 1. The van der Waals surface area contributed by atoms with E-state index in [0.717, 1.165) is 46.6 Å². The molecule has 3 aliphatic rings. The van der Waals surface area contributed by atoms with Crippen LogP contribution in [0.3, 0.4) is 0 Å². The molecule has 11 nitrogen and oxygen atoms in total. The van der Waals surface area contributed by atoms with Gasteiger partial charge in [0.05, 0.1) is 11.8 Å². The van der Waals surface area contributed by atoms with Crippen molar-refractivity contribution >= 4 is 56.6 Å². The highest BCUT2D eigenvalue weighted by atomic mass is 79.9. The molecule has 1 saturated carbocycles. The monoisotopic (exact) mass is 658 g/mol. The number of rotatable bonds is 7. The van der Waals surface area contributed by atoms with Crippen LogP contribution in [0.25, 0.3) is 11.2 Å². The highest BCUT2D eigenvalue weighted by molar-refractivity contribution is 9.10. The van der Waals surface area contributed by atoms with Crippen molar-refractivity contribution in [1.29, 1.82) is 0 Å². The number of piperidine rings is 1. The Kier molecular flexibility index (Phi) is 7.99. The number of ether oxygens (including phenoxy) is 3. The number of nitrogen functional groups attached to an aromatic ring is 1. The third-order valence-corrected chi connectivity index (χ3v) is 10.1. The minimum atomic E-state index is -0.545. The van der Waals surface area contributed by atoms with E-state index in [2.05, 4.69) is 30.5 Å². The number of imidazole rings is 1. The lowest BCUT2D eigenvalue weighted by atomic mass is 9.72. The number of carbonyl (C=O) groups excluding carboxylic acids is 2. The summed E-state index contributed by atoms with van der Waals surface area (Å²) in [6.45, 7) is 7.89. The van der Waals surface area contributed by atoms with Crippen LogP contribution in [0.5, 0.6) is 11.5 Å². The molecular formula is C29H35BrN6O5S. The van der Waals surface area contributed by atoms with E-state index < -0.39 is 5.60 Å². The first kappa shape index (κ1) is 29.0. The lowest BCUT2D eigenvalue weighted by molar-refractivity contribution is -0.171. The van der Waals surface area contributed by atoms with Gasteiger partial charge in [0.25, 0.3) is 0 Å². The zero-order valence-corrected chi connectivity index (χ0v) is 26.4. The van der Waals surface area contributed by atoms with E-state index in [-0.39, 0.29) is 30.5 Å². The summed E-state index contributed by atoms with van der Waals surface area (Å²) in [6.07, 6.45) is 5.68. The van der Waals surface area contributed by atoms with Gasteiger partial charge < -0.3 is 29.4 Å². The van der Waals surface area contributed by atoms with Crippen LogP contribution in [0.2, 0.25) is 0 Å². The second-order valence-electron chi connectivity index (χ2n) is 12.1. The maximum Gasteiger partial charge on any atom is 0.310 e. The molecule has 2 aliphatic heterocycles. The van der Waals surface area contributed by atoms with Crippen molar-refractivity contribution in [2.75, 3.05) is 25.6 Å².